The lowest BCUT2D eigenvalue weighted by Crippen LogP contribution is -2.39. The summed E-state index contributed by atoms with van der Waals surface area (Å²) in [6.45, 7) is 4.44. The van der Waals surface area contributed by atoms with Crippen molar-refractivity contribution >= 4 is 18.4 Å². The molecular formula is C18H25ClN4O. The summed E-state index contributed by atoms with van der Waals surface area (Å²) in [4.78, 5) is 6.83. The van der Waals surface area contributed by atoms with Gasteiger partial charge in [-0.15, -0.1) is 12.4 Å². The number of hydrogen-bond donors (Lipinski definition) is 1. The third-order valence-electron chi connectivity index (χ3n) is 5.31. The number of nitrogens with zero attached hydrogens (tertiary/aromatic N) is 3. The van der Waals surface area contributed by atoms with Crippen LogP contribution in [0.15, 0.2) is 34.9 Å². The van der Waals surface area contributed by atoms with Crippen molar-refractivity contribution in [1.29, 1.82) is 0 Å². The van der Waals surface area contributed by atoms with E-state index in [1.54, 1.807) is 0 Å². The second-order valence-corrected chi connectivity index (χ2v) is 6.68. The van der Waals surface area contributed by atoms with Gasteiger partial charge in [-0.05, 0) is 50.6 Å². The molecule has 2 aliphatic rings. The fourth-order valence-corrected chi connectivity index (χ4v) is 3.93. The number of halogens is 1. The molecule has 24 heavy (non-hydrogen) atoms. The van der Waals surface area contributed by atoms with Gasteiger partial charge in [0.05, 0.1) is 0 Å². The fourth-order valence-electron chi connectivity index (χ4n) is 3.93. The number of rotatable bonds is 3. The van der Waals surface area contributed by atoms with E-state index < -0.39 is 0 Å². The maximum atomic E-state index is 5.49. The van der Waals surface area contributed by atoms with Crippen LogP contribution in [0.4, 0.5) is 6.01 Å². The Balaban J connectivity index is 0.00000169. The maximum absolute atomic E-state index is 5.49. The summed E-state index contributed by atoms with van der Waals surface area (Å²) in [5.41, 5.74) is 1.01. The summed E-state index contributed by atoms with van der Waals surface area (Å²) in [5, 5.41) is 7.60. The quantitative estimate of drug-likeness (QED) is 0.921. The Morgan fingerprint density at radius 1 is 0.958 bits per heavy atom. The van der Waals surface area contributed by atoms with Gasteiger partial charge >= 0.3 is 6.01 Å². The van der Waals surface area contributed by atoms with Crippen LogP contribution in [0, 0.1) is 11.8 Å². The van der Waals surface area contributed by atoms with Gasteiger partial charge in [-0.2, -0.15) is 4.98 Å². The molecular weight excluding hydrogens is 324 g/mol. The van der Waals surface area contributed by atoms with E-state index in [4.69, 9.17) is 4.52 Å². The van der Waals surface area contributed by atoms with Gasteiger partial charge in [0.1, 0.15) is 0 Å². The molecule has 0 spiro atoms. The number of hydrogen-bond acceptors (Lipinski definition) is 5. The monoisotopic (exact) mass is 348 g/mol. The molecule has 1 aromatic carbocycles. The number of aromatic nitrogens is 2. The molecule has 0 bridgehead atoms. The minimum atomic E-state index is 0. The van der Waals surface area contributed by atoms with Crippen LogP contribution in [0.2, 0.25) is 0 Å². The van der Waals surface area contributed by atoms with E-state index in [1.165, 1.54) is 38.8 Å². The molecule has 0 radical (unpaired) electrons. The van der Waals surface area contributed by atoms with Gasteiger partial charge < -0.3 is 14.7 Å². The third-order valence-corrected chi connectivity index (χ3v) is 5.31. The first-order valence-corrected chi connectivity index (χ1v) is 8.75. The lowest BCUT2D eigenvalue weighted by atomic mass is 9.79. The Hall–Kier alpha value is -1.59. The molecule has 3 heterocycles. The van der Waals surface area contributed by atoms with Gasteiger partial charge in [0, 0.05) is 18.7 Å². The molecule has 0 aliphatic carbocycles. The summed E-state index contributed by atoms with van der Waals surface area (Å²) in [5.74, 6) is 2.45. The van der Waals surface area contributed by atoms with Gasteiger partial charge in [0.15, 0.2) is 0 Å². The Labute approximate surface area is 149 Å². The smallest absolute Gasteiger partial charge is 0.324 e. The first-order valence-electron chi connectivity index (χ1n) is 8.75. The standard InChI is InChI=1S/C18H24N4O.ClH/c1-2-4-16(5-3-1)17-20-18(23-21-17)22-12-8-15(9-13-22)14-6-10-19-11-7-14;/h1-5,14-15,19H,6-13H2;1H. The summed E-state index contributed by atoms with van der Waals surface area (Å²) in [7, 11) is 0. The summed E-state index contributed by atoms with van der Waals surface area (Å²) < 4.78 is 5.49. The van der Waals surface area contributed by atoms with Crippen molar-refractivity contribution < 1.29 is 4.52 Å². The highest BCUT2D eigenvalue weighted by Crippen LogP contribution is 2.32. The number of anilines is 1. The molecule has 4 rings (SSSR count). The molecule has 5 nitrogen and oxygen atoms in total. The van der Waals surface area contributed by atoms with Crippen molar-refractivity contribution in [3.63, 3.8) is 0 Å². The number of nitrogens with one attached hydrogen (secondary N) is 1. The Kier molecular flexibility index (Phi) is 5.74. The normalized spacial score (nSPS) is 19.9. The first kappa shape index (κ1) is 17.2. The molecule has 2 saturated heterocycles. The van der Waals surface area contributed by atoms with E-state index in [2.05, 4.69) is 20.4 Å². The minimum Gasteiger partial charge on any atom is -0.324 e. The van der Waals surface area contributed by atoms with Crippen molar-refractivity contribution in [3.8, 4) is 11.4 Å². The first-order chi connectivity index (χ1) is 11.4. The molecule has 0 saturated carbocycles. The van der Waals surface area contributed by atoms with Crippen LogP contribution in [-0.4, -0.2) is 36.3 Å². The highest BCUT2D eigenvalue weighted by atomic mass is 35.5. The van der Waals surface area contributed by atoms with E-state index in [1.807, 2.05) is 30.3 Å². The number of piperidine rings is 2. The van der Waals surface area contributed by atoms with E-state index in [0.29, 0.717) is 11.8 Å². The molecule has 130 valence electrons. The second-order valence-electron chi connectivity index (χ2n) is 6.68. The van der Waals surface area contributed by atoms with Gasteiger partial charge in [-0.3, -0.25) is 0 Å². The van der Waals surface area contributed by atoms with Gasteiger partial charge in [0.2, 0.25) is 5.82 Å². The lowest BCUT2D eigenvalue weighted by Gasteiger charge is -2.37. The average Bonchev–Trinajstić information content (AvgIpc) is 3.14. The largest absolute Gasteiger partial charge is 0.324 e. The molecule has 0 atom stereocenters. The minimum absolute atomic E-state index is 0. The molecule has 2 aliphatic heterocycles. The fraction of sp³-hybridized carbons (Fsp3) is 0.556. The zero-order chi connectivity index (χ0) is 15.5. The maximum Gasteiger partial charge on any atom is 0.324 e. The lowest BCUT2D eigenvalue weighted by molar-refractivity contribution is 0.218. The Morgan fingerprint density at radius 3 is 2.33 bits per heavy atom. The highest BCUT2D eigenvalue weighted by molar-refractivity contribution is 5.85. The Bertz CT molecular complexity index is 619. The molecule has 0 amide bonds. The van der Waals surface area contributed by atoms with Crippen LogP contribution < -0.4 is 10.2 Å². The zero-order valence-electron chi connectivity index (χ0n) is 13.9. The third kappa shape index (κ3) is 3.73. The van der Waals surface area contributed by atoms with Crippen LogP contribution in [-0.2, 0) is 0 Å². The van der Waals surface area contributed by atoms with Crippen molar-refractivity contribution in [2.24, 2.45) is 11.8 Å². The predicted molar refractivity (Wildman–Crippen MR) is 97.5 cm³/mol. The van der Waals surface area contributed by atoms with Crippen LogP contribution in [0.5, 0.6) is 0 Å². The zero-order valence-corrected chi connectivity index (χ0v) is 14.7. The van der Waals surface area contributed by atoms with E-state index in [0.717, 1.165) is 30.5 Å². The molecule has 6 heteroatoms. The van der Waals surface area contributed by atoms with Gasteiger partial charge in [0.25, 0.3) is 0 Å². The van der Waals surface area contributed by atoms with Gasteiger partial charge in [-0.25, -0.2) is 0 Å². The molecule has 0 unspecified atom stereocenters. The SMILES string of the molecule is Cl.c1ccc(-c2noc(N3CCC(C4CCNCC4)CC3)n2)cc1. The summed E-state index contributed by atoms with van der Waals surface area (Å²) in [6, 6.07) is 10.7. The molecule has 2 fully saturated rings. The topological polar surface area (TPSA) is 54.2 Å². The average molecular weight is 349 g/mol. The predicted octanol–water partition coefficient (Wildman–Crippen LogP) is 3.37. The van der Waals surface area contributed by atoms with Crippen molar-refractivity contribution in [2.45, 2.75) is 25.7 Å². The van der Waals surface area contributed by atoms with Crippen LogP contribution >= 0.6 is 12.4 Å². The molecule has 1 aromatic heterocycles. The highest BCUT2D eigenvalue weighted by Gasteiger charge is 2.29. The van der Waals surface area contributed by atoms with Crippen molar-refractivity contribution in [2.75, 3.05) is 31.1 Å². The van der Waals surface area contributed by atoms with E-state index in [9.17, 15) is 0 Å². The van der Waals surface area contributed by atoms with Gasteiger partial charge in [-0.1, -0.05) is 35.5 Å². The Morgan fingerprint density at radius 2 is 1.62 bits per heavy atom. The van der Waals surface area contributed by atoms with Crippen molar-refractivity contribution in [3.05, 3.63) is 30.3 Å². The summed E-state index contributed by atoms with van der Waals surface area (Å²) in [6.07, 6.45) is 5.16. The van der Waals surface area contributed by atoms with E-state index in [-0.39, 0.29) is 12.4 Å². The van der Waals surface area contributed by atoms with Crippen LogP contribution in [0.3, 0.4) is 0 Å². The van der Waals surface area contributed by atoms with E-state index >= 15 is 0 Å². The summed E-state index contributed by atoms with van der Waals surface area (Å²) >= 11 is 0. The van der Waals surface area contributed by atoms with Crippen LogP contribution in [0.25, 0.3) is 11.4 Å². The molecule has 2 aromatic rings. The molecule has 1 N–H and O–H groups in total. The van der Waals surface area contributed by atoms with Crippen molar-refractivity contribution in [1.82, 2.24) is 15.5 Å². The second kappa shape index (κ2) is 7.99. The van der Waals surface area contributed by atoms with Crippen LogP contribution in [0.1, 0.15) is 25.7 Å². The number of benzene rings is 1.